The zero-order chi connectivity index (χ0) is 16.4. The number of anilines is 1. The maximum absolute atomic E-state index is 12.2. The van der Waals surface area contributed by atoms with Gasteiger partial charge in [-0.1, -0.05) is 23.2 Å². The molecular weight excluding hydrogens is 341 g/mol. The van der Waals surface area contributed by atoms with Gasteiger partial charge in [0.2, 0.25) is 6.79 Å². The smallest absolute Gasteiger partial charge is 0.265 e. The van der Waals surface area contributed by atoms with Gasteiger partial charge in [-0.2, -0.15) is 0 Å². The van der Waals surface area contributed by atoms with E-state index in [4.69, 9.17) is 37.4 Å². The third-order valence-electron chi connectivity index (χ3n) is 3.21. The number of amides is 1. The first-order valence-corrected chi connectivity index (χ1v) is 7.61. The molecule has 1 unspecified atom stereocenters. The second kappa shape index (κ2) is 6.56. The van der Waals surface area contributed by atoms with Crippen LogP contribution in [0.2, 0.25) is 10.0 Å². The van der Waals surface area contributed by atoms with Crippen LogP contribution in [-0.2, 0) is 4.79 Å². The summed E-state index contributed by atoms with van der Waals surface area (Å²) < 4.78 is 16.1. The molecule has 0 saturated heterocycles. The van der Waals surface area contributed by atoms with Crippen molar-refractivity contribution >= 4 is 34.8 Å². The largest absolute Gasteiger partial charge is 0.479 e. The third kappa shape index (κ3) is 3.63. The quantitative estimate of drug-likeness (QED) is 0.897. The van der Waals surface area contributed by atoms with Gasteiger partial charge in [0.15, 0.2) is 17.6 Å². The molecule has 0 aromatic heterocycles. The van der Waals surface area contributed by atoms with Crippen molar-refractivity contribution in [3.05, 3.63) is 46.4 Å². The lowest BCUT2D eigenvalue weighted by Crippen LogP contribution is -2.30. The van der Waals surface area contributed by atoms with Crippen molar-refractivity contribution in [1.29, 1.82) is 0 Å². The zero-order valence-corrected chi connectivity index (χ0v) is 13.6. The number of carbonyl (C=O) groups is 1. The molecule has 23 heavy (non-hydrogen) atoms. The number of ether oxygens (including phenoxy) is 3. The summed E-state index contributed by atoms with van der Waals surface area (Å²) in [6, 6.07) is 9.98. The summed E-state index contributed by atoms with van der Waals surface area (Å²) >= 11 is 11.9. The molecular formula is C16H13Cl2NO4. The molecule has 0 bridgehead atoms. The van der Waals surface area contributed by atoms with Gasteiger partial charge in [-0.3, -0.25) is 4.79 Å². The first-order chi connectivity index (χ1) is 11.0. The van der Waals surface area contributed by atoms with Crippen molar-refractivity contribution in [3.63, 3.8) is 0 Å². The van der Waals surface area contributed by atoms with Crippen molar-refractivity contribution in [2.75, 3.05) is 12.1 Å². The SMILES string of the molecule is CC(Oc1ccc(Cl)cc1Cl)C(=O)Nc1ccc2c(c1)OCO2. The van der Waals surface area contributed by atoms with Crippen LogP contribution in [-0.4, -0.2) is 18.8 Å². The van der Waals surface area contributed by atoms with E-state index >= 15 is 0 Å². The Morgan fingerprint density at radius 3 is 2.74 bits per heavy atom. The number of fused-ring (bicyclic) bond motifs is 1. The van der Waals surface area contributed by atoms with E-state index in [1.54, 1.807) is 43.3 Å². The average molecular weight is 354 g/mol. The van der Waals surface area contributed by atoms with Crippen LogP contribution in [0.25, 0.3) is 0 Å². The highest BCUT2D eigenvalue weighted by Gasteiger charge is 2.18. The highest BCUT2D eigenvalue weighted by atomic mass is 35.5. The number of halogens is 2. The standard InChI is InChI=1S/C16H13Cl2NO4/c1-9(23-13-4-2-10(17)6-12(13)18)16(20)19-11-3-5-14-15(7-11)22-8-21-14/h2-7,9H,8H2,1H3,(H,19,20). The Bertz CT molecular complexity index is 751. The first kappa shape index (κ1) is 15.8. The summed E-state index contributed by atoms with van der Waals surface area (Å²) in [5.41, 5.74) is 0.594. The molecule has 1 amide bonds. The molecule has 5 nitrogen and oxygen atoms in total. The van der Waals surface area contributed by atoms with Crippen molar-refractivity contribution in [3.8, 4) is 17.2 Å². The van der Waals surface area contributed by atoms with Gasteiger partial charge >= 0.3 is 0 Å². The van der Waals surface area contributed by atoms with Gasteiger partial charge in [0.05, 0.1) is 5.02 Å². The topological polar surface area (TPSA) is 56.8 Å². The second-order valence-corrected chi connectivity index (χ2v) is 5.74. The Hall–Kier alpha value is -2.11. The predicted octanol–water partition coefficient (Wildman–Crippen LogP) is 4.13. The van der Waals surface area contributed by atoms with Crippen LogP contribution in [0.15, 0.2) is 36.4 Å². The number of rotatable bonds is 4. The van der Waals surface area contributed by atoms with E-state index < -0.39 is 6.10 Å². The van der Waals surface area contributed by atoms with Crippen molar-refractivity contribution in [2.45, 2.75) is 13.0 Å². The molecule has 1 aliphatic rings. The molecule has 1 aliphatic heterocycles. The first-order valence-electron chi connectivity index (χ1n) is 6.85. The summed E-state index contributed by atoms with van der Waals surface area (Å²) in [7, 11) is 0. The van der Waals surface area contributed by atoms with Crippen LogP contribution in [0.4, 0.5) is 5.69 Å². The fourth-order valence-electron chi connectivity index (χ4n) is 2.03. The lowest BCUT2D eigenvalue weighted by molar-refractivity contribution is -0.122. The van der Waals surface area contributed by atoms with Gasteiger partial charge in [0, 0.05) is 16.8 Å². The van der Waals surface area contributed by atoms with E-state index in [0.717, 1.165) is 0 Å². The van der Waals surface area contributed by atoms with E-state index in [1.807, 2.05) is 0 Å². The molecule has 0 aliphatic carbocycles. The maximum Gasteiger partial charge on any atom is 0.265 e. The summed E-state index contributed by atoms with van der Waals surface area (Å²) in [5, 5.41) is 3.60. The number of hydrogen-bond donors (Lipinski definition) is 1. The fourth-order valence-corrected chi connectivity index (χ4v) is 2.49. The predicted molar refractivity (Wildman–Crippen MR) is 87.7 cm³/mol. The Kier molecular flexibility index (Phi) is 4.50. The number of benzene rings is 2. The van der Waals surface area contributed by atoms with Crippen LogP contribution in [0.1, 0.15) is 6.92 Å². The fraction of sp³-hybridized carbons (Fsp3) is 0.188. The van der Waals surface area contributed by atoms with Gasteiger partial charge in [-0.25, -0.2) is 0 Å². The molecule has 3 rings (SSSR count). The van der Waals surface area contributed by atoms with Crippen LogP contribution >= 0.6 is 23.2 Å². The second-order valence-electron chi connectivity index (χ2n) is 4.89. The third-order valence-corrected chi connectivity index (χ3v) is 3.74. The minimum absolute atomic E-state index is 0.182. The molecule has 0 spiro atoms. The number of hydrogen-bond acceptors (Lipinski definition) is 4. The van der Waals surface area contributed by atoms with E-state index in [0.29, 0.717) is 33.0 Å². The summed E-state index contributed by atoms with van der Waals surface area (Å²) in [6.45, 7) is 1.81. The zero-order valence-electron chi connectivity index (χ0n) is 12.1. The molecule has 1 heterocycles. The molecule has 0 saturated carbocycles. The minimum atomic E-state index is -0.737. The van der Waals surface area contributed by atoms with Gasteiger partial charge < -0.3 is 19.5 Å². The number of nitrogens with one attached hydrogen (secondary N) is 1. The molecule has 0 radical (unpaired) electrons. The van der Waals surface area contributed by atoms with E-state index in [9.17, 15) is 4.79 Å². The van der Waals surface area contributed by atoms with Gasteiger partial charge in [-0.05, 0) is 37.3 Å². The molecule has 1 N–H and O–H groups in total. The Morgan fingerprint density at radius 1 is 1.17 bits per heavy atom. The average Bonchev–Trinajstić information content (AvgIpc) is 2.97. The van der Waals surface area contributed by atoms with E-state index in [1.165, 1.54) is 0 Å². The molecule has 120 valence electrons. The molecule has 2 aromatic carbocycles. The minimum Gasteiger partial charge on any atom is -0.479 e. The maximum atomic E-state index is 12.2. The van der Waals surface area contributed by atoms with Crippen LogP contribution in [0.3, 0.4) is 0 Å². The summed E-state index contributed by atoms with van der Waals surface area (Å²) in [6.07, 6.45) is -0.737. The van der Waals surface area contributed by atoms with Crippen molar-refractivity contribution in [2.24, 2.45) is 0 Å². The Balaban J connectivity index is 1.65. The van der Waals surface area contributed by atoms with Gasteiger partial charge in [0.25, 0.3) is 5.91 Å². The molecule has 2 aromatic rings. The molecule has 1 atom stereocenters. The summed E-state index contributed by atoms with van der Waals surface area (Å²) in [4.78, 5) is 12.2. The van der Waals surface area contributed by atoms with E-state index in [-0.39, 0.29) is 12.7 Å². The number of carbonyl (C=O) groups excluding carboxylic acids is 1. The van der Waals surface area contributed by atoms with Crippen molar-refractivity contribution in [1.82, 2.24) is 0 Å². The van der Waals surface area contributed by atoms with E-state index in [2.05, 4.69) is 5.32 Å². The lowest BCUT2D eigenvalue weighted by Gasteiger charge is -2.16. The highest BCUT2D eigenvalue weighted by Crippen LogP contribution is 2.34. The molecule has 7 heteroatoms. The molecule has 0 fully saturated rings. The van der Waals surface area contributed by atoms with Crippen LogP contribution in [0, 0.1) is 0 Å². The Morgan fingerprint density at radius 2 is 1.96 bits per heavy atom. The monoisotopic (exact) mass is 353 g/mol. The highest BCUT2D eigenvalue weighted by molar-refractivity contribution is 6.35. The van der Waals surface area contributed by atoms with Gasteiger partial charge in [0.1, 0.15) is 5.75 Å². The normalized spacial score (nSPS) is 13.5. The van der Waals surface area contributed by atoms with Gasteiger partial charge in [-0.15, -0.1) is 0 Å². The Labute approximate surface area is 143 Å². The summed E-state index contributed by atoms with van der Waals surface area (Å²) in [5.74, 6) is 1.33. The lowest BCUT2D eigenvalue weighted by atomic mass is 10.2. The van der Waals surface area contributed by atoms with Crippen LogP contribution in [0.5, 0.6) is 17.2 Å². The van der Waals surface area contributed by atoms with Crippen LogP contribution < -0.4 is 19.5 Å². The van der Waals surface area contributed by atoms with Crippen molar-refractivity contribution < 1.29 is 19.0 Å².